The Hall–Kier alpha value is -3.38. The number of rotatable bonds is 8. The molecule has 6 heteroatoms. The summed E-state index contributed by atoms with van der Waals surface area (Å²) in [4.78, 5) is 0. The van der Waals surface area contributed by atoms with Crippen LogP contribution in [-0.2, 0) is 18.4 Å². The first kappa shape index (κ1) is 18.0. The van der Waals surface area contributed by atoms with Crippen molar-refractivity contribution in [3.63, 3.8) is 0 Å². The van der Waals surface area contributed by atoms with Gasteiger partial charge in [0, 0.05) is 23.6 Å². The largest absolute Gasteiger partial charge is 0.491 e. The van der Waals surface area contributed by atoms with Gasteiger partial charge in [-0.25, -0.2) is 0 Å². The second kappa shape index (κ2) is 8.10. The van der Waals surface area contributed by atoms with Crippen LogP contribution in [0.5, 0.6) is 5.75 Å². The number of nitrogens with one attached hydrogen (secondary N) is 1. The quantitative estimate of drug-likeness (QED) is 0.470. The molecule has 0 aliphatic carbocycles. The number of fused-ring (bicyclic) bond motifs is 1. The summed E-state index contributed by atoms with van der Waals surface area (Å²) in [6.07, 6.45) is 5.48. The van der Waals surface area contributed by atoms with Crippen molar-refractivity contribution in [1.82, 2.24) is 20.0 Å². The summed E-state index contributed by atoms with van der Waals surface area (Å²) in [5.74, 6) is 0.815. The molecular formula is C22H22N4O2. The van der Waals surface area contributed by atoms with Crippen LogP contribution in [0.25, 0.3) is 28.1 Å². The van der Waals surface area contributed by atoms with Gasteiger partial charge >= 0.3 is 0 Å². The van der Waals surface area contributed by atoms with E-state index in [-0.39, 0.29) is 0 Å². The maximum Gasteiger partial charge on any atom is 0.126 e. The van der Waals surface area contributed by atoms with Crippen molar-refractivity contribution in [2.75, 3.05) is 13.2 Å². The summed E-state index contributed by atoms with van der Waals surface area (Å²) in [6, 6.07) is 14.0. The van der Waals surface area contributed by atoms with Gasteiger partial charge in [0.2, 0.25) is 0 Å². The Morgan fingerprint density at radius 3 is 2.93 bits per heavy atom. The first-order chi connectivity index (χ1) is 13.8. The fraction of sp³-hybridized carbons (Fsp3) is 0.182. The second-order valence-electron chi connectivity index (χ2n) is 6.44. The molecule has 6 nitrogen and oxygen atoms in total. The standard InChI is InChI=1S/C22H22N4O2/c1-3-16-6-4-5-7-22(16)28-11-10-27-15-21-19(14-24-26(21)2)17-8-9-20-18(12-17)13-23-25-20/h3-9,12-14H,1,10-11,15H2,2H3,(H,23,25). The summed E-state index contributed by atoms with van der Waals surface area (Å²) in [7, 11) is 1.93. The fourth-order valence-corrected chi connectivity index (χ4v) is 3.15. The number of aryl methyl sites for hydroxylation is 1. The van der Waals surface area contributed by atoms with Crippen LogP contribution in [-0.4, -0.2) is 33.2 Å². The van der Waals surface area contributed by atoms with Crippen molar-refractivity contribution in [3.05, 3.63) is 72.7 Å². The Morgan fingerprint density at radius 1 is 1.14 bits per heavy atom. The van der Waals surface area contributed by atoms with E-state index in [9.17, 15) is 0 Å². The van der Waals surface area contributed by atoms with Crippen molar-refractivity contribution in [1.29, 1.82) is 0 Å². The number of aromatic nitrogens is 4. The highest BCUT2D eigenvalue weighted by Crippen LogP contribution is 2.27. The summed E-state index contributed by atoms with van der Waals surface area (Å²) in [6.45, 7) is 5.22. The molecule has 4 rings (SSSR count). The summed E-state index contributed by atoms with van der Waals surface area (Å²) < 4.78 is 13.5. The van der Waals surface area contributed by atoms with Gasteiger partial charge in [-0.05, 0) is 23.8 Å². The van der Waals surface area contributed by atoms with Crippen molar-refractivity contribution in [3.8, 4) is 16.9 Å². The molecule has 0 aliphatic rings. The number of hydrogen-bond acceptors (Lipinski definition) is 4. The van der Waals surface area contributed by atoms with Gasteiger partial charge < -0.3 is 9.47 Å². The van der Waals surface area contributed by atoms with E-state index < -0.39 is 0 Å². The Morgan fingerprint density at radius 2 is 2.04 bits per heavy atom. The van der Waals surface area contributed by atoms with Gasteiger partial charge in [0.25, 0.3) is 0 Å². The minimum atomic E-state index is 0.460. The van der Waals surface area contributed by atoms with Crippen LogP contribution < -0.4 is 4.74 Å². The summed E-state index contributed by atoms with van der Waals surface area (Å²) in [5.41, 5.74) is 5.17. The molecule has 0 fully saturated rings. The number of H-pyrrole nitrogens is 1. The fourth-order valence-electron chi connectivity index (χ4n) is 3.15. The normalized spacial score (nSPS) is 11.0. The van der Waals surface area contributed by atoms with Gasteiger partial charge in [-0.15, -0.1) is 0 Å². The maximum atomic E-state index is 5.86. The van der Waals surface area contributed by atoms with Crippen LogP contribution in [0.15, 0.2) is 61.4 Å². The van der Waals surface area contributed by atoms with Crippen LogP contribution in [0.1, 0.15) is 11.3 Å². The first-order valence-electron chi connectivity index (χ1n) is 9.12. The van der Waals surface area contributed by atoms with E-state index in [4.69, 9.17) is 9.47 Å². The molecule has 2 aromatic heterocycles. The molecule has 142 valence electrons. The molecule has 2 aromatic carbocycles. The van der Waals surface area contributed by atoms with E-state index in [0.717, 1.165) is 39.0 Å². The number of hydrogen-bond donors (Lipinski definition) is 1. The van der Waals surface area contributed by atoms with Crippen molar-refractivity contribution in [2.24, 2.45) is 7.05 Å². The number of nitrogens with zero attached hydrogens (tertiary/aromatic N) is 3. The third kappa shape index (κ3) is 3.68. The Balaban J connectivity index is 1.39. The molecule has 1 N–H and O–H groups in total. The first-order valence-corrected chi connectivity index (χ1v) is 9.12. The number of aromatic amines is 1. The molecule has 0 atom stereocenters. The number of benzene rings is 2. The van der Waals surface area contributed by atoms with E-state index in [1.807, 2.05) is 54.5 Å². The second-order valence-corrected chi connectivity index (χ2v) is 6.44. The third-order valence-electron chi connectivity index (χ3n) is 4.68. The molecule has 0 aliphatic heterocycles. The van der Waals surface area contributed by atoms with Crippen LogP contribution in [0, 0.1) is 0 Å². The molecule has 0 bridgehead atoms. The lowest BCUT2D eigenvalue weighted by molar-refractivity contribution is 0.0853. The van der Waals surface area contributed by atoms with Crippen molar-refractivity contribution >= 4 is 17.0 Å². The van der Waals surface area contributed by atoms with E-state index in [1.165, 1.54) is 0 Å². The minimum absolute atomic E-state index is 0.460. The maximum absolute atomic E-state index is 5.86. The van der Waals surface area contributed by atoms with Gasteiger partial charge in [-0.3, -0.25) is 9.78 Å². The Kier molecular flexibility index (Phi) is 5.21. The number of ether oxygens (including phenoxy) is 2. The molecule has 0 saturated heterocycles. The molecule has 0 spiro atoms. The predicted octanol–water partition coefficient (Wildman–Crippen LogP) is 4.20. The zero-order valence-electron chi connectivity index (χ0n) is 15.8. The van der Waals surface area contributed by atoms with Crippen LogP contribution in [0.3, 0.4) is 0 Å². The van der Waals surface area contributed by atoms with Crippen molar-refractivity contribution in [2.45, 2.75) is 6.61 Å². The Labute approximate surface area is 163 Å². The average Bonchev–Trinajstić information content (AvgIpc) is 3.34. The monoisotopic (exact) mass is 374 g/mol. The molecule has 0 amide bonds. The molecule has 0 radical (unpaired) electrons. The average molecular weight is 374 g/mol. The zero-order chi connectivity index (χ0) is 19.3. The lowest BCUT2D eigenvalue weighted by Gasteiger charge is -2.11. The van der Waals surface area contributed by atoms with E-state index in [2.05, 4.69) is 34.0 Å². The van der Waals surface area contributed by atoms with E-state index >= 15 is 0 Å². The highest BCUT2D eigenvalue weighted by Gasteiger charge is 2.12. The topological polar surface area (TPSA) is 65.0 Å². The smallest absolute Gasteiger partial charge is 0.126 e. The highest BCUT2D eigenvalue weighted by molar-refractivity contribution is 5.84. The van der Waals surface area contributed by atoms with E-state index in [1.54, 1.807) is 6.08 Å². The zero-order valence-corrected chi connectivity index (χ0v) is 15.8. The molecule has 4 aromatic rings. The van der Waals surface area contributed by atoms with E-state index in [0.29, 0.717) is 19.8 Å². The van der Waals surface area contributed by atoms with Gasteiger partial charge in [-0.1, -0.05) is 36.9 Å². The predicted molar refractivity (Wildman–Crippen MR) is 110 cm³/mol. The van der Waals surface area contributed by atoms with Gasteiger partial charge in [0.15, 0.2) is 0 Å². The van der Waals surface area contributed by atoms with Gasteiger partial charge in [-0.2, -0.15) is 10.2 Å². The minimum Gasteiger partial charge on any atom is -0.491 e. The molecule has 0 saturated carbocycles. The summed E-state index contributed by atoms with van der Waals surface area (Å²) in [5, 5.41) is 12.5. The molecule has 2 heterocycles. The highest BCUT2D eigenvalue weighted by atomic mass is 16.5. The molecule has 28 heavy (non-hydrogen) atoms. The van der Waals surface area contributed by atoms with Crippen LogP contribution >= 0.6 is 0 Å². The molecule has 0 unspecified atom stereocenters. The lowest BCUT2D eigenvalue weighted by Crippen LogP contribution is -2.09. The van der Waals surface area contributed by atoms with Gasteiger partial charge in [0.05, 0.1) is 36.8 Å². The van der Waals surface area contributed by atoms with Crippen molar-refractivity contribution < 1.29 is 9.47 Å². The SMILES string of the molecule is C=Cc1ccccc1OCCOCc1c(-c2ccc3[nH]ncc3c2)cnn1C. The van der Waals surface area contributed by atoms with Gasteiger partial charge in [0.1, 0.15) is 12.4 Å². The Bertz CT molecular complexity index is 1100. The number of para-hydroxylation sites is 1. The molecular weight excluding hydrogens is 352 g/mol. The summed E-state index contributed by atoms with van der Waals surface area (Å²) >= 11 is 0. The third-order valence-corrected chi connectivity index (χ3v) is 4.68. The lowest BCUT2D eigenvalue weighted by atomic mass is 10.0. The van der Waals surface area contributed by atoms with Crippen LogP contribution in [0.2, 0.25) is 0 Å². The van der Waals surface area contributed by atoms with Crippen LogP contribution in [0.4, 0.5) is 0 Å².